The third-order valence-corrected chi connectivity index (χ3v) is 10.6. The van der Waals surface area contributed by atoms with Gasteiger partial charge in [-0.3, -0.25) is 0 Å². The Morgan fingerprint density at radius 3 is 1.14 bits per heavy atom. The summed E-state index contributed by atoms with van der Waals surface area (Å²) in [7, 11) is 0. The van der Waals surface area contributed by atoms with Gasteiger partial charge in [0.05, 0.1) is 0 Å². The Kier molecular flexibility index (Phi) is 8.17. The highest BCUT2D eigenvalue weighted by molar-refractivity contribution is 5.74. The van der Waals surface area contributed by atoms with Crippen molar-refractivity contribution in [1.82, 2.24) is 0 Å². The monoisotopic (exact) mass is 482 g/mol. The van der Waals surface area contributed by atoms with E-state index in [4.69, 9.17) is 0 Å². The largest absolute Gasteiger partial charge is 0.0617 e. The van der Waals surface area contributed by atoms with Crippen LogP contribution < -0.4 is 0 Å². The van der Waals surface area contributed by atoms with E-state index < -0.39 is 0 Å². The minimum atomic E-state index is 0.772. The molecule has 4 fully saturated rings. The van der Waals surface area contributed by atoms with Gasteiger partial charge in [-0.15, -0.1) is 0 Å². The van der Waals surface area contributed by atoms with Gasteiger partial charge in [0.1, 0.15) is 0 Å². The van der Waals surface area contributed by atoms with E-state index in [0.29, 0.717) is 0 Å². The van der Waals surface area contributed by atoms with Crippen LogP contribution in [0, 0.1) is 0 Å². The van der Waals surface area contributed by atoms with Crippen molar-refractivity contribution in [3.8, 4) is 11.1 Å². The lowest BCUT2D eigenvalue weighted by Gasteiger charge is -2.31. The third-order valence-electron chi connectivity index (χ3n) is 10.6. The average Bonchev–Trinajstić information content (AvgIpc) is 2.98. The maximum Gasteiger partial charge on any atom is -0.0114 e. The Morgan fingerprint density at radius 2 is 0.750 bits per heavy atom. The molecule has 0 atom stereocenters. The summed E-state index contributed by atoms with van der Waals surface area (Å²) in [5, 5.41) is 0. The number of rotatable bonds is 5. The van der Waals surface area contributed by atoms with Crippen molar-refractivity contribution in [2.24, 2.45) is 0 Å². The maximum absolute atomic E-state index is 2.70. The Hall–Kier alpha value is -1.56. The van der Waals surface area contributed by atoms with Crippen LogP contribution in [0.4, 0.5) is 0 Å². The number of hydrogen-bond acceptors (Lipinski definition) is 0. The maximum atomic E-state index is 2.70. The van der Waals surface area contributed by atoms with Crippen LogP contribution in [0.15, 0.2) is 36.4 Å². The van der Waals surface area contributed by atoms with E-state index in [1.807, 2.05) is 0 Å². The second-order valence-corrected chi connectivity index (χ2v) is 13.0. The molecule has 0 unspecified atom stereocenters. The van der Waals surface area contributed by atoms with Crippen molar-refractivity contribution >= 4 is 0 Å². The minimum absolute atomic E-state index is 0.772. The first-order chi connectivity index (χ1) is 17.9. The van der Waals surface area contributed by atoms with E-state index in [1.54, 1.807) is 33.4 Å². The van der Waals surface area contributed by atoms with Crippen LogP contribution in [0.3, 0.4) is 0 Å². The molecule has 0 nitrogen and oxygen atoms in total. The van der Waals surface area contributed by atoms with E-state index in [-0.39, 0.29) is 0 Å². The van der Waals surface area contributed by atoms with Gasteiger partial charge >= 0.3 is 0 Å². The highest BCUT2D eigenvalue weighted by Gasteiger charge is 2.27. The van der Waals surface area contributed by atoms with Gasteiger partial charge in [0.25, 0.3) is 0 Å². The quantitative estimate of drug-likeness (QED) is 0.397. The van der Waals surface area contributed by atoms with Crippen molar-refractivity contribution in [3.63, 3.8) is 0 Å². The van der Waals surface area contributed by atoms with Crippen LogP contribution >= 0.6 is 0 Å². The van der Waals surface area contributed by atoms with E-state index in [9.17, 15) is 0 Å². The lowest BCUT2D eigenvalue weighted by Crippen LogP contribution is -2.12. The van der Waals surface area contributed by atoms with Crippen molar-refractivity contribution in [3.05, 3.63) is 58.7 Å². The van der Waals surface area contributed by atoms with Gasteiger partial charge in [-0.25, -0.2) is 0 Å². The fourth-order valence-corrected chi connectivity index (χ4v) is 8.59. The molecule has 0 amide bonds. The molecule has 0 bridgehead atoms. The van der Waals surface area contributed by atoms with Crippen molar-refractivity contribution in [1.29, 1.82) is 0 Å². The average molecular weight is 483 g/mol. The summed E-state index contributed by atoms with van der Waals surface area (Å²) in [6, 6.07) is 15.6. The molecule has 6 rings (SSSR count). The van der Waals surface area contributed by atoms with E-state index in [0.717, 1.165) is 23.7 Å². The van der Waals surface area contributed by atoms with Crippen LogP contribution in [0.1, 0.15) is 174 Å². The molecule has 4 aliphatic rings. The molecule has 194 valence electrons. The molecule has 0 saturated heterocycles. The molecule has 2 aromatic carbocycles. The van der Waals surface area contributed by atoms with Crippen LogP contribution in [-0.4, -0.2) is 0 Å². The molecule has 0 heteroatoms. The summed E-state index contributed by atoms with van der Waals surface area (Å²) in [5.74, 6) is 3.13. The zero-order chi connectivity index (χ0) is 24.2. The van der Waals surface area contributed by atoms with Crippen LogP contribution in [0.25, 0.3) is 11.1 Å². The molecule has 4 saturated carbocycles. The Bertz CT molecular complexity index is 903. The molecule has 2 aromatic rings. The zero-order valence-corrected chi connectivity index (χ0v) is 22.9. The second-order valence-electron chi connectivity index (χ2n) is 13.0. The molecule has 0 N–H and O–H groups in total. The highest BCUT2D eigenvalue weighted by Crippen LogP contribution is 2.47. The Balaban J connectivity index is 1.48. The van der Waals surface area contributed by atoms with Gasteiger partial charge in [0.15, 0.2) is 0 Å². The fourth-order valence-electron chi connectivity index (χ4n) is 8.59. The van der Waals surface area contributed by atoms with Gasteiger partial charge in [0, 0.05) is 0 Å². The summed E-state index contributed by atoms with van der Waals surface area (Å²) in [5.41, 5.74) is 10.1. The van der Waals surface area contributed by atoms with Gasteiger partial charge in [-0.05, 0) is 108 Å². The predicted octanol–water partition coefficient (Wildman–Crippen LogP) is 11.5. The molecule has 4 aliphatic carbocycles. The molecule has 0 radical (unpaired) electrons. The SMILES string of the molecule is c1cc(C2CCCCC2)c(-c2cc(C3CCCCC3)cc(C3CCCCC3)c2)c(C2CCCCC2)c1. The van der Waals surface area contributed by atoms with Gasteiger partial charge < -0.3 is 0 Å². The molecular formula is C36H50. The minimum Gasteiger partial charge on any atom is -0.0617 e. The lowest BCUT2D eigenvalue weighted by atomic mass is 9.73. The zero-order valence-electron chi connectivity index (χ0n) is 22.9. The fraction of sp³-hybridized carbons (Fsp3) is 0.667. The van der Waals surface area contributed by atoms with Crippen LogP contribution in [-0.2, 0) is 0 Å². The van der Waals surface area contributed by atoms with Crippen molar-refractivity contribution < 1.29 is 0 Å². The third kappa shape index (κ3) is 5.49. The molecule has 0 heterocycles. The molecule has 36 heavy (non-hydrogen) atoms. The van der Waals surface area contributed by atoms with E-state index >= 15 is 0 Å². The normalized spacial score (nSPS) is 23.7. The van der Waals surface area contributed by atoms with Gasteiger partial charge in [-0.2, -0.15) is 0 Å². The molecule has 0 aromatic heterocycles. The van der Waals surface area contributed by atoms with Gasteiger partial charge in [-0.1, -0.05) is 113 Å². The first-order valence-corrected chi connectivity index (χ1v) is 16.1. The molecule has 0 aliphatic heterocycles. The molecule has 0 spiro atoms. The number of hydrogen-bond donors (Lipinski definition) is 0. The number of benzene rings is 2. The molecular weight excluding hydrogens is 432 g/mol. The Morgan fingerprint density at radius 1 is 0.389 bits per heavy atom. The summed E-state index contributed by atoms with van der Waals surface area (Å²) >= 11 is 0. The standard InChI is InChI=1S/C36H50/c1-5-14-27(15-6-1)31-24-32(28-16-7-2-8-17-28)26-33(25-31)36-34(29-18-9-3-10-19-29)22-13-23-35(36)30-20-11-4-12-21-30/h13,22-30H,1-12,14-21H2. The summed E-state index contributed by atoms with van der Waals surface area (Å²) in [6.07, 6.45) is 28.4. The summed E-state index contributed by atoms with van der Waals surface area (Å²) in [4.78, 5) is 0. The second kappa shape index (κ2) is 11.9. The lowest BCUT2D eigenvalue weighted by molar-refractivity contribution is 0.434. The first-order valence-electron chi connectivity index (χ1n) is 16.1. The summed E-state index contributed by atoms with van der Waals surface area (Å²) < 4.78 is 0. The van der Waals surface area contributed by atoms with E-state index in [2.05, 4.69) is 36.4 Å². The van der Waals surface area contributed by atoms with Crippen LogP contribution in [0.2, 0.25) is 0 Å². The highest BCUT2D eigenvalue weighted by atomic mass is 14.3. The van der Waals surface area contributed by atoms with Crippen molar-refractivity contribution in [2.45, 2.75) is 152 Å². The van der Waals surface area contributed by atoms with Crippen LogP contribution in [0.5, 0.6) is 0 Å². The topological polar surface area (TPSA) is 0 Å². The van der Waals surface area contributed by atoms with Crippen molar-refractivity contribution in [2.75, 3.05) is 0 Å². The predicted molar refractivity (Wildman–Crippen MR) is 155 cm³/mol. The van der Waals surface area contributed by atoms with E-state index in [1.165, 1.54) is 128 Å². The summed E-state index contributed by atoms with van der Waals surface area (Å²) in [6.45, 7) is 0. The first kappa shape index (κ1) is 24.8. The van der Waals surface area contributed by atoms with Gasteiger partial charge in [0.2, 0.25) is 0 Å². The smallest absolute Gasteiger partial charge is 0.0114 e. The Labute approximate surface area is 221 Å².